The Kier molecular flexibility index (Phi) is 9.14. The van der Waals surface area contributed by atoms with Crippen molar-refractivity contribution in [3.63, 3.8) is 0 Å². The minimum absolute atomic E-state index is 0. The van der Waals surface area contributed by atoms with Gasteiger partial charge in [0.25, 0.3) is 5.91 Å². The summed E-state index contributed by atoms with van der Waals surface area (Å²) in [6.45, 7) is 6.94. The smallest absolute Gasteiger partial charge is 0.279 e. The Morgan fingerprint density at radius 2 is 1.73 bits per heavy atom. The first kappa shape index (κ1) is 20.7. The van der Waals surface area contributed by atoms with Crippen LogP contribution in [0.2, 0.25) is 0 Å². The largest absolute Gasteiger partial charge is 1.00 e. The van der Waals surface area contributed by atoms with E-state index in [0.29, 0.717) is 11.0 Å². The van der Waals surface area contributed by atoms with Crippen molar-refractivity contribution < 1.29 is 21.7 Å². The molecule has 5 heteroatoms. The fourth-order valence-corrected chi connectivity index (χ4v) is 2.32. The number of benzene rings is 1. The third-order valence-electron chi connectivity index (χ3n) is 3.10. The molecule has 0 spiro atoms. The van der Waals surface area contributed by atoms with Crippen LogP contribution in [0, 0.1) is 0 Å². The zero-order chi connectivity index (χ0) is 15.9. The molecule has 0 bridgehead atoms. The molecule has 126 valence electrons. The summed E-state index contributed by atoms with van der Waals surface area (Å²) in [7, 11) is 6.04. The van der Waals surface area contributed by atoms with E-state index in [9.17, 15) is 4.79 Å². The van der Waals surface area contributed by atoms with Gasteiger partial charge in [-0.2, -0.15) is 0 Å². The standard InChI is InChI=1S/C17H29N3O.ClH/c1-6-11-19(12-7-2)16-10-8-9-15(13-16)18-17(21)14-20(3,4)5;/h8-10,13H,6-7,11-12,14H2,1-5H3;1H. The second kappa shape index (κ2) is 9.70. The second-order valence-electron chi connectivity index (χ2n) is 6.53. The molecule has 0 aromatic heterocycles. The van der Waals surface area contributed by atoms with Crippen molar-refractivity contribution in [2.45, 2.75) is 26.7 Å². The predicted octanol–water partition coefficient (Wildman–Crippen LogP) is -0.0383. The summed E-state index contributed by atoms with van der Waals surface area (Å²) >= 11 is 0. The molecule has 1 aromatic rings. The highest BCUT2D eigenvalue weighted by molar-refractivity contribution is 5.92. The summed E-state index contributed by atoms with van der Waals surface area (Å²) in [5.74, 6) is 0.0529. The maximum absolute atomic E-state index is 12.0. The van der Waals surface area contributed by atoms with E-state index < -0.39 is 0 Å². The SMILES string of the molecule is CCCN(CCC)c1cccc(NC(=O)C[N+](C)(C)C)c1.[Cl-]. The van der Waals surface area contributed by atoms with Crippen molar-refractivity contribution in [3.05, 3.63) is 24.3 Å². The fraction of sp³-hybridized carbons (Fsp3) is 0.588. The van der Waals surface area contributed by atoms with Gasteiger partial charge in [0.2, 0.25) is 0 Å². The lowest BCUT2D eigenvalue weighted by molar-refractivity contribution is -0.861. The molecule has 0 fully saturated rings. The van der Waals surface area contributed by atoms with E-state index in [0.717, 1.165) is 31.6 Å². The molecule has 0 heterocycles. The number of amides is 1. The van der Waals surface area contributed by atoms with Gasteiger partial charge in [0.05, 0.1) is 21.1 Å². The number of nitrogens with zero attached hydrogens (tertiary/aromatic N) is 2. The van der Waals surface area contributed by atoms with Crippen molar-refractivity contribution in [2.24, 2.45) is 0 Å². The minimum Gasteiger partial charge on any atom is -1.00 e. The van der Waals surface area contributed by atoms with E-state index in [2.05, 4.69) is 36.2 Å². The molecular formula is C17H30ClN3O. The summed E-state index contributed by atoms with van der Waals surface area (Å²) in [5.41, 5.74) is 2.06. The maximum Gasteiger partial charge on any atom is 0.279 e. The van der Waals surface area contributed by atoms with Crippen LogP contribution in [-0.4, -0.2) is 51.2 Å². The Bertz CT molecular complexity index is 451. The number of halogens is 1. The number of carbonyl (C=O) groups is 1. The molecule has 0 radical (unpaired) electrons. The highest BCUT2D eigenvalue weighted by atomic mass is 35.5. The fourth-order valence-electron chi connectivity index (χ4n) is 2.32. The zero-order valence-corrected chi connectivity index (χ0v) is 15.3. The molecular weight excluding hydrogens is 298 g/mol. The lowest BCUT2D eigenvalue weighted by Crippen LogP contribution is -3.00. The van der Waals surface area contributed by atoms with Gasteiger partial charge in [-0.1, -0.05) is 19.9 Å². The third kappa shape index (κ3) is 7.66. The predicted molar refractivity (Wildman–Crippen MR) is 90.8 cm³/mol. The number of anilines is 2. The summed E-state index contributed by atoms with van der Waals surface area (Å²) in [4.78, 5) is 14.4. The van der Waals surface area contributed by atoms with Crippen molar-refractivity contribution in [1.82, 2.24) is 0 Å². The maximum atomic E-state index is 12.0. The Labute approximate surface area is 141 Å². The summed E-state index contributed by atoms with van der Waals surface area (Å²) in [6, 6.07) is 8.14. The van der Waals surface area contributed by atoms with E-state index >= 15 is 0 Å². The van der Waals surface area contributed by atoms with Crippen molar-refractivity contribution in [1.29, 1.82) is 0 Å². The lowest BCUT2D eigenvalue weighted by atomic mass is 10.2. The van der Waals surface area contributed by atoms with E-state index in [1.807, 2.05) is 33.3 Å². The number of hydrogen-bond acceptors (Lipinski definition) is 2. The van der Waals surface area contributed by atoms with E-state index in [4.69, 9.17) is 0 Å². The van der Waals surface area contributed by atoms with Crippen molar-refractivity contribution in [2.75, 3.05) is 51.0 Å². The van der Waals surface area contributed by atoms with Gasteiger partial charge in [0.15, 0.2) is 6.54 Å². The molecule has 0 atom stereocenters. The van der Waals surface area contributed by atoms with Gasteiger partial charge in [-0.25, -0.2) is 0 Å². The third-order valence-corrected chi connectivity index (χ3v) is 3.10. The van der Waals surface area contributed by atoms with Crippen LogP contribution in [0.25, 0.3) is 0 Å². The quantitative estimate of drug-likeness (QED) is 0.680. The molecule has 0 saturated carbocycles. The normalized spacial score (nSPS) is 10.8. The average molecular weight is 328 g/mol. The zero-order valence-electron chi connectivity index (χ0n) is 14.5. The molecule has 1 aromatic carbocycles. The first-order valence-corrected chi connectivity index (χ1v) is 7.81. The monoisotopic (exact) mass is 327 g/mol. The Morgan fingerprint density at radius 1 is 1.14 bits per heavy atom. The van der Waals surface area contributed by atoms with Crippen LogP contribution in [0.1, 0.15) is 26.7 Å². The molecule has 0 unspecified atom stereocenters. The first-order chi connectivity index (χ1) is 9.85. The molecule has 1 rings (SSSR count). The van der Waals surface area contributed by atoms with Crippen molar-refractivity contribution >= 4 is 17.3 Å². The molecule has 4 nitrogen and oxygen atoms in total. The van der Waals surface area contributed by atoms with Gasteiger partial charge < -0.3 is 27.1 Å². The summed E-state index contributed by atoms with van der Waals surface area (Å²) in [6.07, 6.45) is 2.25. The van der Waals surface area contributed by atoms with Crippen LogP contribution in [0.5, 0.6) is 0 Å². The van der Waals surface area contributed by atoms with Gasteiger partial charge in [-0.3, -0.25) is 4.79 Å². The number of rotatable bonds is 8. The van der Waals surface area contributed by atoms with Crippen LogP contribution in [0.4, 0.5) is 11.4 Å². The minimum atomic E-state index is 0. The topological polar surface area (TPSA) is 32.3 Å². The average Bonchev–Trinajstić information content (AvgIpc) is 2.36. The summed E-state index contributed by atoms with van der Waals surface area (Å²) < 4.78 is 0.628. The molecule has 1 N–H and O–H groups in total. The van der Waals surface area contributed by atoms with Crippen LogP contribution >= 0.6 is 0 Å². The van der Waals surface area contributed by atoms with Gasteiger partial charge in [-0.05, 0) is 31.0 Å². The van der Waals surface area contributed by atoms with Gasteiger partial charge in [-0.15, -0.1) is 0 Å². The molecule has 1 amide bonds. The second-order valence-corrected chi connectivity index (χ2v) is 6.53. The molecule has 22 heavy (non-hydrogen) atoms. The van der Waals surface area contributed by atoms with E-state index in [1.165, 1.54) is 5.69 Å². The van der Waals surface area contributed by atoms with Crippen LogP contribution < -0.4 is 22.6 Å². The van der Waals surface area contributed by atoms with Gasteiger partial charge >= 0.3 is 0 Å². The van der Waals surface area contributed by atoms with E-state index in [1.54, 1.807) is 0 Å². The Morgan fingerprint density at radius 3 is 2.23 bits per heavy atom. The first-order valence-electron chi connectivity index (χ1n) is 7.81. The van der Waals surface area contributed by atoms with Crippen LogP contribution in [0.15, 0.2) is 24.3 Å². The number of quaternary nitrogens is 1. The Balaban J connectivity index is 0.00000441. The molecule has 0 saturated heterocycles. The molecule has 0 aliphatic carbocycles. The molecule has 0 aliphatic rings. The number of likely N-dealkylation sites (N-methyl/N-ethyl adjacent to an activating group) is 1. The summed E-state index contributed by atoms with van der Waals surface area (Å²) in [5, 5.41) is 3.00. The highest BCUT2D eigenvalue weighted by Crippen LogP contribution is 2.20. The van der Waals surface area contributed by atoms with Crippen molar-refractivity contribution in [3.8, 4) is 0 Å². The Hall–Kier alpha value is -1.26. The number of carbonyl (C=O) groups excluding carboxylic acids is 1. The number of hydrogen-bond donors (Lipinski definition) is 1. The van der Waals surface area contributed by atoms with Gasteiger partial charge in [0, 0.05) is 24.5 Å². The molecule has 0 aliphatic heterocycles. The van der Waals surface area contributed by atoms with Crippen LogP contribution in [0.3, 0.4) is 0 Å². The lowest BCUT2D eigenvalue weighted by Gasteiger charge is -2.25. The van der Waals surface area contributed by atoms with Crippen LogP contribution in [-0.2, 0) is 4.79 Å². The van der Waals surface area contributed by atoms with Gasteiger partial charge in [0.1, 0.15) is 0 Å². The highest BCUT2D eigenvalue weighted by Gasteiger charge is 2.14. The van der Waals surface area contributed by atoms with E-state index in [-0.39, 0.29) is 18.3 Å². The number of nitrogens with one attached hydrogen (secondary N) is 1.